The summed E-state index contributed by atoms with van der Waals surface area (Å²) in [7, 11) is 0. The van der Waals surface area contributed by atoms with Crippen LogP contribution < -0.4 is 4.90 Å². The van der Waals surface area contributed by atoms with Gasteiger partial charge in [-0.3, -0.25) is 0 Å². The number of fused-ring (bicyclic) bond motifs is 4. The monoisotopic (exact) mass is 915 g/mol. The minimum atomic E-state index is -0.464. The van der Waals surface area contributed by atoms with Crippen LogP contribution in [0.25, 0.3) is 77.5 Å². The van der Waals surface area contributed by atoms with Gasteiger partial charge in [0.25, 0.3) is 0 Å². The predicted molar refractivity (Wildman–Crippen MR) is 303 cm³/mol. The number of hydrogen-bond donors (Lipinski definition) is 0. The SMILES string of the molecule is c1ccc(-c2ccccc2-c2cccc(N(c3ccc(-c4cccc(-c5cccc6ccccc56)c4)cc3)c3ccc(-c4ccc5c(c4)C(c4ccccc4)(c4ccccc4)c4ccccc4-5)cc3)c2)cc1. The van der Waals surface area contributed by atoms with E-state index in [2.05, 4.69) is 302 Å². The first-order chi connectivity index (χ1) is 35.7. The van der Waals surface area contributed by atoms with Gasteiger partial charge in [-0.15, -0.1) is 0 Å². The van der Waals surface area contributed by atoms with Crippen LogP contribution in [-0.2, 0) is 5.41 Å². The van der Waals surface area contributed by atoms with Crippen LogP contribution >= 0.6 is 0 Å². The minimum Gasteiger partial charge on any atom is -0.310 e. The molecule has 72 heavy (non-hydrogen) atoms. The van der Waals surface area contributed by atoms with Gasteiger partial charge in [-0.1, -0.05) is 249 Å². The molecule has 0 aromatic heterocycles. The van der Waals surface area contributed by atoms with E-state index in [9.17, 15) is 0 Å². The molecule has 1 nitrogen and oxygen atoms in total. The molecule has 0 unspecified atom stereocenters. The molecule has 0 radical (unpaired) electrons. The van der Waals surface area contributed by atoms with E-state index in [-0.39, 0.29) is 0 Å². The lowest BCUT2D eigenvalue weighted by Gasteiger charge is -2.34. The molecule has 0 bridgehead atoms. The van der Waals surface area contributed by atoms with Crippen molar-refractivity contribution >= 4 is 27.8 Å². The standard InChI is InChI=1S/C71H49N/c1-4-19-52(20-5-1)63-32-12-13-33-65(63)57-25-17-30-62(48-57)72(60-42-37-50(38-43-60)54-23-16-24-56(47-54)66-35-18-22-53-21-10-11-31-64(53)66)61-44-39-51(40-45-61)55-41-46-68-67-34-14-15-36-69(67)71(70(68)49-55,58-26-6-2-7-27-58)59-28-8-3-9-29-59/h1-49H. The molecule has 0 fully saturated rings. The Bertz CT molecular complexity index is 3850. The maximum atomic E-state index is 2.45. The van der Waals surface area contributed by atoms with E-state index in [0.717, 1.165) is 22.6 Å². The molecule has 0 amide bonds. The van der Waals surface area contributed by atoms with E-state index < -0.39 is 5.41 Å². The van der Waals surface area contributed by atoms with Crippen molar-refractivity contribution < 1.29 is 0 Å². The molecule has 0 aliphatic heterocycles. The van der Waals surface area contributed by atoms with E-state index in [0.29, 0.717) is 0 Å². The van der Waals surface area contributed by atoms with E-state index in [1.54, 1.807) is 0 Å². The number of rotatable bonds is 10. The van der Waals surface area contributed by atoms with Crippen molar-refractivity contribution in [3.05, 3.63) is 320 Å². The van der Waals surface area contributed by atoms with Gasteiger partial charge >= 0.3 is 0 Å². The van der Waals surface area contributed by atoms with Gasteiger partial charge < -0.3 is 4.90 Å². The molecule has 1 heteroatoms. The lowest BCUT2D eigenvalue weighted by molar-refractivity contribution is 0.769. The Morgan fingerprint density at radius 3 is 1.35 bits per heavy atom. The Morgan fingerprint density at radius 1 is 0.222 bits per heavy atom. The highest BCUT2D eigenvalue weighted by Crippen LogP contribution is 2.57. The first-order valence-electron chi connectivity index (χ1n) is 24.9. The molecule has 12 aromatic carbocycles. The summed E-state index contributed by atoms with van der Waals surface area (Å²) in [5, 5.41) is 2.51. The third-order valence-corrected chi connectivity index (χ3v) is 14.8. The predicted octanol–water partition coefficient (Wildman–Crippen LogP) is 19.0. The van der Waals surface area contributed by atoms with Crippen molar-refractivity contribution in [1.82, 2.24) is 0 Å². The van der Waals surface area contributed by atoms with Gasteiger partial charge in [-0.25, -0.2) is 0 Å². The second-order valence-corrected chi connectivity index (χ2v) is 18.8. The highest BCUT2D eigenvalue weighted by molar-refractivity contribution is 5.97. The van der Waals surface area contributed by atoms with Crippen molar-refractivity contribution in [1.29, 1.82) is 0 Å². The van der Waals surface area contributed by atoms with E-state index in [1.807, 2.05) is 0 Å². The number of anilines is 3. The van der Waals surface area contributed by atoms with Crippen LogP contribution in [0.15, 0.2) is 297 Å². The van der Waals surface area contributed by atoms with Crippen molar-refractivity contribution in [3.8, 4) is 66.8 Å². The Balaban J connectivity index is 0.910. The summed E-state index contributed by atoms with van der Waals surface area (Å²) in [6.07, 6.45) is 0. The Morgan fingerprint density at radius 2 is 0.667 bits per heavy atom. The molecule has 13 rings (SSSR count). The second kappa shape index (κ2) is 18.2. The zero-order valence-corrected chi connectivity index (χ0v) is 39.7. The lowest BCUT2D eigenvalue weighted by atomic mass is 9.67. The number of benzene rings is 12. The molecule has 0 spiro atoms. The van der Waals surface area contributed by atoms with Crippen LogP contribution in [0.2, 0.25) is 0 Å². The third kappa shape index (κ3) is 7.42. The maximum Gasteiger partial charge on any atom is 0.0713 e. The van der Waals surface area contributed by atoms with E-state index >= 15 is 0 Å². The third-order valence-electron chi connectivity index (χ3n) is 14.8. The van der Waals surface area contributed by atoms with Crippen LogP contribution in [0.4, 0.5) is 17.1 Å². The fourth-order valence-electron chi connectivity index (χ4n) is 11.4. The molecule has 0 saturated heterocycles. The highest BCUT2D eigenvalue weighted by Gasteiger charge is 2.46. The summed E-state index contributed by atoms with van der Waals surface area (Å²) >= 11 is 0. The average Bonchev–Trinajstić information content (AvgIpc) is 3.77. The highest BCUT2D eigenvalue weighted by atomic mass is 15.1. The summed E-state index contributed by atoms with van der Waals surface area (Å²) in [5.74, 6) is 0. The molecule has 0 N–H and O–H groups in total. The van der Waals surface area contributed by atoms with Crippen molar-refractivity contribution in [2.24, 2.45) is 0 Å². The van der Waals surface area contributed by atoms with Crippen molar-refractivity contribution in [2.75, 3.05) is 4.90 Å². The zero-order chi connectivity index (χ0) is 47.8. The fourth-order valence-corrected chi connectivity index (χ4v) is 11.4. The molecule has 12 aromatic rings. The van der Waals surface area contributed by atoms with Crippen LogP contribution in [-0.4, -0.2) is 0 Å². The van der Waals surface area contributed by atoms with Gasteiger partial charge in [0.1, 0.15) is 0 Å². The smallest absolute Gasteiger partial charge is 0.0713 e. The van der Waals surface area contributed by atoms with Crippen LogP contribution in [0.3, 0.4) is 0 Å². The number of hydrogen-bond acceptors (Lipinski definition) is 1. The van der Waals surface area contributed by atoms with Gasteiger partial charge in [-0.05, 0) is 148 Å². The van der Waals surface area contributed by atoms with E-state index in [1.165, 1.54) is 94.2 Å². The first-order valence-corrected chi connectivity index (χ1v) is 24.9. The molecular weight excluding hydrogens is 867 g/mol. The molecule has 0 heterocycles. The summed E-state index contributed by atoms with van der Waals surface area (Å²) in [6.45, 7) is 0. The molecule has 0 saturated carbocycles. The van der Waals surface area contributed by atoms with Crippen molar-refractivity contribution in [3.63, 3.8) is 0 Å². The first kappa shape index (κ1) is 42.8. The molecule has 1 aliphatic carbocycles. The van der Waals surface area contributed by atoms with Gasteiger partial charge in [0.15, 0.2) is 0 Å². The Labute approximate surface area is 422 Å². The molecular formula is C71H49N. The maximum absolute atomic E-state index is 2.45. The molecule has 338 valence electrons. The summed E-state index contributed by atoms with van der Waals surface area (Å²) in [4.78, 5) is 2.39. The zero-order valence-electron chi connectivity index (χ0n) is 39.7. The van der Waals surface area contributed by atoms with E-state index in [4.69, 9.17) is 0 Å². The normalized spacial score (nSPS) is 12.3. The molecule has 0 atom stereocenters. The van der Waals surface area contributed by atoms with Gasteiger partial charge in [0.05, 0.1) is 5.41 Å². The summed E-state index contributed by atoms with van der Waals surface area (Å²) < 4.78 is 0. The quantitative estimate of drug-likeness (QED) is 0.132. The van der Waals surface area contributed by atoms with Crippen molar-refractivity contribution in [2.45, 2.75) is 5.41 Å². The second-order valence-electron chi connectivity index (χ2n) is 18.8. The Kier molecular flexibility index (Phi) is 10.8. The van der Waals surface area contributed by atoms with Gasteiger partial charge in [0, 0.05) is 17.1 Å². The fraction of sp³-hybridized carbons (Fsp3) is 0.0141. The topological polar surface area (TPSA) is 3.24 Å². The van der Waals surface area contributed by atoms with Gasteiger partial charge in [-0.2, -0.15) is 0 Å². The van der Waals surface area contributed by atoms with Crippen LogP contribution in [0, 0.1) is 0 Å². The molecule has 1 aliphatic rings. The minimum absolute atomic E-state index is 0.464. The summed E-state index contributed by atoms with van der Waals surface area (Å²) in [5.41, 5.74) is 22.4. The van der Waals surface area contributed by atoms with Gasteiger partial charge in [0.2, 0.25) is 0 Å². The van der Waals surface area contributed by atoms with Crippen LogP contribution in [0.5, 0.6) is 0 Å². The largest absolute Gasteiger partial charge is 0.310 e. The van der Waals surface area contributed by atoms with Crippen LogP contribution in [0.1, 0.15) is 22.3 Å². The lowest BCUT2D eigenvalue weighted by Crippen LogP contribution is -2.28. The number of nitrogens with zero attached hydrogens (tertiary/aromatic N) is 1. The Hall–Kier alpha value is -9.30. The summed E-state index contributed by atoms with van der Waals surface area (Å²) in [6, 6.07) is 109. The average molecular weight is 916 g/mol.